The monoisotopic (exact) mass is 295 g/mol. The first kappa shape index (κ1) is 16.3. The topological polar surface area (TPSA) is 44.1 Å². The van der Waals surface area contributed by atoms with Crippen LogP contribution in [0.3, 0.4) is 0 Å². The highest BCUT2D eigenvalue weighted by Gasteiger charge is 2.24. The zero-order valence-corrected chi connectivity index (χ0v) is 14.1. The molecule has 0 aliphatic carbocycles. The predicted octanol–water partition coefficient (Wildman–Crippen LogP) is 5.48. The van der Waals surface area contributed by atoms with Crippen molar-refractivity contribution in [3.63, 3.8) is 0 Å². The van der Waals surface area contributed by atoms with Gasteiger partial charge in [0, 0.05) is 17.3 Å². The van der Waals surface area contributed by atoms with Crippen molar-refractivity contribution in [2.45, 2.75) is 46.0 Å². The quantitative estimate of drug-likeness (QED) is 0.724. The fourth-order valence-electron chi connectivity index (χ4n) is 2.98. The Labute approximate surface area is 133 Å². The van der Waals surface area contributed by atoms with E-state index >= 15 is 0 Å². The average molecular weight is 295 g/mol. The van der Waals surface area contributed by atoms with Crippen LogP contribution in [0.4, 0.5) is 0 Å². The second-order valence-electron chi connectivity index (χ2n) is 7.06. The Kier molecular flexibility index (Phi) is 4.41. The van der Waals surface area contributed by atoms with E-state index in [1.165, 1.54) is 11.8 Å². The zero-order chi connectivity index (χ0) is 16.5. The van der Waals surface area contributed by atoms with Crippen molar-refractivity contribution in [3.8, 4) is 16.9 Å². The number of hydrogen-bond acceptors (Lipinski definition) is 2. The Hall–Kier alpha value is -2.09. The summed E-state index contributed by atoms with van der Waals surface area (Å²) in [7, 11) is 0. The maximum absolute atomic E-state index is 10.9. The maximum Gasteiger partial charge on any atom is 0.127 e. The van der Waals surface area contributed by atoms with Crippen molar-refractivity contribution in [3.05, 3.63) is 53.1 Å². The smallest absolute Gasteiger partial charge is 0.127 e. The lowest BCUT2D eigenvalue weighted by molar-refractivity contribution is 0.448. The van der Waals surface area contributed by atoms with E-state index < -0.39 is 0 Å². The number of aromatic hydroxyl groups is 1. The van der Waals surface area contributed by atoms with Crippen LogP contribution in [0.25, 0.3) is 11.1 Å². The lowest BCUT2D eigenvalue weighted by atomic mass is 9.80. The van der Waals surface area contributed by atoms with Crippen LogP contribution in [0.15, 0.2) is 36.4 Å². The molecule has 116 valence electrons. The first-order valence-corrected chi connectivity index (χ1v) is 7.73. The molecule has 22 heavy (non-hydrogen) atoms. The van der Waals surface area contributed by atoms with Gasteiger partial charge in [0.25, 0.3) is 0 Å². The molecule has 0 aliphatic rings. The number of rotatable bonds is 3. The van der Waals surface area contributed by atoms with Gasteiger partial charge in [-0.3, -0.25) is 0 Å². The van der Waals surface area contributed by atoms with E-state index in [0.717, 1.165) is 22.3 Å². The van der Waals surface area contributed by atoms with Crippen LogP contribution in [0.5, 0.6) is 5.75 Å². The van der Waals surface area contributed by atoms with E-state index in [2.05, 4.69) is 46.8 Å². The maximum atomic E-state index is 10.9. The Balaban J connectivity index is 2.77. The highest BCUT2D eigenvalue weighted by atomic mass is 16.3. The van der Waals surface area contributed by atoms with Crippen LogP contribution in [-0.2, 0) is 5.41 Å². The molecule has 0 heterocycles. The highest BCUT2D eigenvalue weighted by molar-refractivity contribution is 5.86. The van der Waals surface area contributed by atoms with Gasteiger partial charge in [-0.05, 0) is 34.1 Å². The number of phenols is 1. The molecule has 2 rings (SSSR count). The van der Waals surface area contributed by atoms with Gasteiger partial charge < -0.3 is 10.5 Å². The van der Waals surface area contributed by atoms with Crippen molar-refractivity contribution < 1.29 is 5.11 Å². The van der Waals surface area contributed by atoms with Crippen LogP contribution in [0.1, 0.15) is 57.2 Å². The summed E-state index contributed by atoms with van der Waals surface area (Å²) < 4.78 is 0. The van der Waals surface area contributed by atoms with Crippen molar-refractivity contribution in [2.75, 3.05) is 0 Å². The highest BCUT2D eigenvalue weighted by Crippen LogP contribution is 2.42. The molecule has 0 fully saturated rings. The number of nitrogens with one attached hydrogen (secondary N) is 1. The van der Waals surface area contributed by atoms with Crippen molar-refractivity contribution in [1.29, 1.82) is 5.41 Å². The summed E-state index contributed by atoms with van der Waals surface area (Å²) in [6.07, 6.45) is 1.32. The van der Waals surface area contributed by atoms with Gasteiger partial charge in [-0.1, -0.05) is 65.0 Å². The largest absolute Gasteiger partial charge is 0.507 e. The summed E-state index contributed by atoms with van der Waals surface area (Å²) >= 11 is 0. The van der Waals surface area contributed by atoms with Crippen molar-refractivity contribution in [1.82, 2.24) is 0 Å². The van der Waals surface area contributed by atoms with Gasteiger partial charge in [0.05, 0.1) is 0 Å². The van der Waals surface area contributed by atoms with Gasteiger partial charge in [0.2, 0.25) is 0 Å². The molecular weight excluding hydrogens is 270 g/mol. The second-order valence-corrected chi connectivity index (χ2v) is 7.06. The third-order valence-corrected chi connectivity index (χ3v) is 3.99. The SMILES string of the molecule is CC(C)c1ccccc1-c1ccc(C=N)c(C(C)(C)C)c1O. The Morgan fingerprint density at radius 1 is 1.00 bits per heavy atom. The summed E-state index contributed by atoms with van der Waals surface area (Å²) in [4.78, 5) is 0. The van der Waals surface area contributed by atoms with Gasteiger partial charge in [0.15, 0.2) is 0 Å². The molecule has 0 aromatic heterocycles. The van der Waals surface area contributed by atoms with E-state index in [9.17, 15) is 5.11 Å². The minimum absolute atomic E-state index is 0.222. The summed E-state index contributed by atoms with van der Waals surface area (Å²) in [5.74, 6) is 0.678. The van der Waals surface area contributed by atoms with Gasteiger partial charge >= 0.3 is 0 Å². The molecular formula is C20H25NO. The van der Waals surface area contributed by atoms with Crippen LogP contribution >= 0.6 is 0 Å². The van der Waals surface area contributed by atoms with E-state index in [0.29, 0.717) is 11.7 Å². The first-order valence-electron chi connectivity index (χ1n) is 7.73. The molecule has 2 nitrogen and oxygen atoms in total. The second kappa shape index (κ2) is 5.96. The van der Waals surface area contributed by atoms with Crippen LogP contribution < -0.4 is 0 Å². The van der Waals surface area contributed by atoms with E-state index in [-0.39, 0.29) is 5.41 Å². The zero-order valence-electron chi connectivity index (χ0n) is 14.1. The third-order valence-electron chi connectivity index (χ3n) is 3.99. The molecule has 2 aromatic carbocycles. The van der Waals surface area contributed by atoms with Crippen molar-refractivity contribution >= 4 is 6.21 Å². The van der Waals surface area contributed by atoms with Crippen LogP contribution in [-0.4, -0.2) is 11.3 Å². The predicted molar refractivity (Wildman–Crippen MR) is 94.2 cm³/mol. The fourth-order valence-corrected chi connectivity index (χ4v) is 2.98. The third kappa shape index (κ3) is 2.92. The van der Waals surface area contributed by atoms with Gasteiger partial charge in [-0.15, -0.1) is 0 Å². The molecule has 0 atom stereocenters. The molecule has 0 radical (unpaired) electrons. The summed E-state index contributed by atoms with van der Waals surface area (Å²) in [5, 5.41) is 18.5. The van der Waals surface area contributed by atoms with E-state index in [1.54, 1.807) is 0 Å². The summed E-state index contributed by atoms with van der Waals surface area (Å²) in [6, 6.07) is 12.1. The summed E-state index contributed by atoms with van der Waals surface area (Å²) in [6.45, 7) is 10.5. The molecule has 0 spiro atoms. The lowest BCUT2D eigenvalue weighted by Crippen LogP contribution is -2.15. The molecule has 0 unspecified atom stereocenters. The van der Waals surface area contributed by atoms with Crippen LogP contribution in [0.2, 0.25) is 0 Å². The van der Waals surface area contributed by atoms with Gasteiger partial charge in [0.1, 0.15) is 5.75 Å². The summed E-state index contributed by atoms with van der Waals surface area (Å²) in [5.41, 5.74) is 4.52. The van der Waals surface area contributed by atoms with Crippen LogP contribution in [0, 0.1) is 5.41 Å². The molecule has 0 amide bonds. The normalized spacial score (nSPS) is 11.7. The number of phenolic OH excluding ortho intramolecular Hbond substituents is 1. The Morgan fingerprint density at radius 3 is 2.18 bits per heavy atom. The first-order chi connectivity index (χ1) is 10.3. The van der Waals surface area contributed by atoms with E-state index in [1.807, 2.05) is 24.3 Å². The molecule has 2 N–H and O–H groups in total. The fraction of sp³-hybridized carbons (Fsp3) is 0.350. The number of hydrogen-bond donors (Lipinski definition) is 2. The van der Waals surface area contributed by atoms with Gasteiger partial charge in [-0.2, -0.15) is 0 Å². The minimum Gasteiger partial charge on any atom is -0.507 e. The molecule has 0 saturated heterocycles. The Morgan fingerprint density at radius 2 is 1.64 bits per heavy atom. The number of benzene rings is 2. The van der Waals surface area contributed by atoms with E-state index in [4.69, 9.17) is 5.41 Å². The van der Waals surface area contributed by atoms with Crippen molar-refractivity contribution in [2.24, 2.45) is 0 Å². The molecule has 2 aromatic rings. The molecule has 0 aliphatic heterocycles. The lowest BCUT2D eigenvalue weighted by Gasteiger charge is -2.25. The molecule has 2 heteroatoms. The minimum atomic E-state index is -0.222. The average Bonchev–Trinajstić information content (AvgIpc) is 2.45. The molecule has 0 saturated carbocycles. The Bertz CT molecular complexity index is 693. The van der Waals surface area contributed by atoms with Gasteiger partial charge in [-0.25, -0.2) is 0 Å². The molecule has 0 bridgehead atoms. The standard InChI is InChI=1S/C20H25NO/c1-13(2)15-8-6-7-9-16(15)17-11-10-14(12-21)18(19(17)22)20(3,4)5/h6-13,21-22H,1-5H3.